The van der Waals surface area contributed by atoms with Crippen molar-refractivity contribution in [2.75, 3.05) is 20.0 Å². The van der Waals surface area contributed by atoms with Crippen LogP contribution in [0, 0.1) is 0 Å². The van der Waals surface area contributed by atoms with Crippen molar-refractivity contribution in [1.82, 2.24) is 4.57 Å². The standard InChI is InChI=1S/C9H12N2O4/c1-11-4-5(8(12)14-2)6(7(11)10)9(13)15-3/h4H,10H2,1-3H3. The molecule has 1 aromatic rings. The van der Waals surface area contributed by atoms with Gasteiger partial charge in [0.1, 0.15) is 11.4 Å². The lowest BCUT2D eigenvalue weighted by molar-refractivity contribution is 0.0557. The number of esters is 2. The number of rotatable bonds is 2. The van der Waals surface area contributed by atoms with Crippen molar-refractivity contribution in [2.24, 2.45) is 7.05 Å². The van der Waals surface area contributed by atoms with E-state index in [2.05, 4.69) is 9.47 Å². The Morgan fingerprint density at radius 1 is 1.27 bits per heavy atom. The predicted molar refractivity (Wildman–Crippen MR) is 52.5 cm³/mol. The Hall–Kier alpha value is -1.98. The first-order valence-corrected chi connectivity index (χ1v) is 4.14. The molecule has 0 aromatic carbocycles. The molecule has 0 unspecified atom stereocenters. The minimum atomic E-state index is -0.659. The smallest absolute Gasteiger partial charge is 0.342 e. The van der Waals surface area contributed by atoms with Crippen LogP contribution in [0.4, 0.5) is 5.82 Å². The maximum absolute atomic E-state index is 11.4. The normalized spacial score (nSPS) is 9.80. The number of nitrogens with two attached hydrogens (primary N) is 1. The fourth-order valence-corrected chi connectivity index (χ4v) is 1.22. The van der Waals surface area contributed by atoms with Gasteiger partial charge in [0.15, 0.2) is 0 Å². The molecule has 1 aromatic heterocycles. The van der Waals surface area contributed by atoms with E-state index in [1.165, 1.54) is 25.0 Å². The summed E-state index contributed by atoms with van der Waals surface area (Å²) >= 11 is 0. The summed E-state index contributed by atoms with van der Waals surface area (Å²) in [7, 11) is 4.07. The molecular formula is C9H12N2O4. The first-order chi connectivity index (χ1) is 7.02. The number of carbonyl (C=O) groups is 2. The van der Waals surface area contributed by atoms with Crippen molar-refractivity contribution < 1.29 is 19.1 Å². The van der Waals surface area contributed by atoms with Crippen molar-refractivity contribution in [3.63, 3.8) is 0 Å². The van der Waals surface area contributed by atoms with Gasteiger partial charge in [0.2, 0.25) is 0 Å². The van der Waals surface area contributed by atoms with Crippen LogP contribution in [0.1, 0.15) is 20.7 Å². The Morgan fingerprint density at radius 3 is 2.27 bits per heavy atom. The van der Waals surface area contributed by atoms with E-state index in [1.54, 1.807) is 7.05 Å². The van der Waals surface area contributed by atoms with Gasteiger partial charge in [-0.2, -0.15) is 0 Å². The third-order valence-corrected chi connectivity index (χ3v) is 2.02. The summed E-state index contributed by atoms with van der Waals surface area (Å²) in [5.41, 5.74) is 5.76. The van der Waals surface area contributed by atoms with Gasteiger partial charge in [0.25, 0.3) is 0 Å². The molecule has 0 saturated heterocycles. The van der Waals surface area contributed by atoms with Crippen LogP contribution in [-0.2, 0) is 16.5 Å². The first kappa shape index (κ1) is 11.1. The van der Waals surface area contributed by atoms with Gasteiger partial charge in [-0.3, -0.25) is 0 Å². The monoisotopic (exact) mass is 212 g/mol. The Bertz CT molecular complexity index is 408. The van der Waals surface area contributed by atoms with Gasteiger partial charge in [-0.15, -0.1) is 0 Å². The zero-order valence-electron chi connectivity index (χ0n) is 8.73. The van der Waals surface area contributed by atoms with Gasteiger partial charge in [-0.1, -0.05) is 0 Å². The average molecular weight is 212 g/mol. The molecule has 1 heterocycles. The van der Waals surface area contributed by atoms with Gasteiger partial charge in [0, 0.05) is 13.2 Å². The van der Waals surface area contributed by atoms with Gasteiger partial charge in [-0.25, -0.2) is 9.59 Å². The summed E-state index contributed by atoms with van der Waals surface area (Å²) in [5, 5.41) is 0. The number of aromatic nitrogens is 1. The molecule has 0 aliphatic rings. The van der Waals surface area contributed by atoms with E-state index in [4.69, 9.17) is 5.73 Å². The van der Waals surface area contributed by atoms with Crippen LogP contribution in [0.3, 0.4) is 0 Å². The topological polar surface area (TPSA) is 83.5 Å². The lowest BCUT2D eigenvalue weighted by Gasteiger charge is -2.01. The highest BCUT2D eigenvalue weighted by Crippen LogP contribution is 2.20. The minimum absolute atomic E-state index is 0.0341. The zero-order valence-corrected chi connectivity index (χ0v) is 8.73. The number of aryl methyl sites for hydroxylation is 1. The average Bonchev–Trinajstić information content (AvgIpc) is 2.53. The summed E-state index contributed by atoms with van der Waals surface area (Å²) in [5.74, 6) is -1.11. The highest BCUT2D eigenvalue weighted by molar-refractivity contribution is 6.06. The van der Waals surface area contributed by atoms with Gasteiger partial charge in [0.05, 0.1) is 19.8 Å². The first-order valence-electron chi connectivity index (χ1n) is 4.14. The van der Waals surface area contributed by atoms with E-state index in [0.717, 1.165) is 0 Å². The summed E-state index contributed by atoms with van der Waals surface area (Å²) in [4.78, 5) is 22.7. The van der Waals surface area contributed by atoms with Crippen LogP contribution in [0.2, 0.25) is 0 Å². The highest BCUT2D eigenvalue weighted by atomic mass is 16.5. The van der Waals surface area contributed by atoms with Gasteiger partial charge >= 0.3 is 11.9 Å². The molecule has 0 radical (unpaired) electrons. The maximum atomic E-state index is 11.4. The molecule has 0 bridgehead atoms. The zero-order chi connectivity index (χ0) is 11.6. The molecule has 2 N–H and O–H groups in total. The summed E-state index contributed by atoms with van der Waals surface area (Å²) < 4.78 is 10.5. The number of ether oxygens (including phenoxy) is 2. The lowest BCUT2D eigenvalue weighted by atomic mass is 10.2. The largest absolute Gasteiger partial charge is 0.465 e. The molecule has 0 amide bonds. The minimum Gasteiger partial charge on any atom is -0.465 e. The molecule has 1 rings (SSSR count). The van der Waals surface area contributed by atoms with E-state index in [9.17, 15) is 9.59 Å². The number of nitrogens with zero attached hydrogens (tertiary/aromatic N) is 1. The van der Waals surface area contributed by atoms with Crippen LogP contribution in [-0.4, -0.2) is 30.7 Å². The molecule has 6 heteroatoms. The van der Waals surface area contributed by atoms with Crippen molar-refractivity contribution in [3.8, 4) is 0 Å². The molecule has 6 nitrogen and oxygen atoms in total. The van der Waals surface area contributed by atoms with Crippen molar-refractivity contribution >= 4 is 17.8 Å². The third-order valence-electron chi connectivity index (χ3n) is 2.02. The van der Waals surface area contributed by atoms with Gasteiger partial charge < -0.3 is 19.8 Å². The predicted octanol–water partition coefficient (Wildman–Crippen LogP) is 0.180. The van der Waals surface area contributed by atoms with Crippen molar-refractivity contribution in [2.45, 2.75) is 0 Å². The number of methoxy groups -OCH3 is 2. The van der Waals surface area contributed by atoms with Crippen LogP contribution < -0.4 is 5.73 Å². The Kier molecular flexibility index (Phi) is 2.99. The molecule has 0 aliphatic carbocycles. The Labute approximate surface area is 86.6 Å². The second-order valence-corrected chi connectivity index (χ2v) is 2.90. The number of carbonyl (C=O) groups excluding carboxylic acids is 2. The summed E-state index contributed by atoms with van der Waals surface area (Å²) in [6.45, 7) is 0. The Balaban J connectivity index is 3.33. The maximum Gasteiger partial charge on any atom is 0.342 e. The van der Waals surface area contributed by atoms with E-state index >= 15 is 0 Å². The molecular weight excluding hydrogens is 200 g/mol. The molecule has 0 spiro atoms. The van der Waals surface area contributed by atoms with Crippen LogP contribution in [0.5, 0.6) is 0 Å². The number of nitrogen functional groups attached to an aromatic ring is 1. The van der Waals surface area contributed by atoms with Crippen LogP contribution in [0.15, 0.2) is 6.20 Å². The van der Waals surface area contributed by atoms with E-state index in [-0.39, 0.29) is 16.9 Å². The fourth-order valence-electron chi connectivity index (χ4n) is 1.22. The van der Waals surface area contributed by atoms with Crippen molar-refractivity contribution in [3.05, 3.63) is 17.3 Å². The molecule has 0 saturated carbocycles. The van der Waals surface area contributed by atoms with Gasteiger partial charge in [-0.05, 0) is 0 Å². The molecule has 0 atom stereocenters. The second-order valence-electron chi connectivity index (χ2n) is 2.90. The molecule has 0 fully saturated rings. The highest BCUT2D eigenvalue weighted by Gasteiger charge is 2.24. The SMILES string of the molecule is COC(=O)c1cn(C)c(N)c1C(=O)OC. The van der Waals surface area contributed by atoms with E-state index in [1.807, 2.05) is 0 Å². The molecule has 0 aliphatic heterocycles. The van der Waals surface area contributed by atoms with Crippen molar-refractivity contribution in [1.29, 1.82) is 0 Å². The quantitative estimate of drug-likeness (QED) is 0.707. The molecule has 82 valence electrons. The number of hydrogen-bond acceptors (Lipinski definition) is 5. The van der Waals surface area contributed by atoms with E-state index < -0.39 is 11.9 Å². The summed E-state index contributed by atoms with van der Waals surface area (Å²) in [6.07, 6.45) is 1.42. The number of hydrogen-bond donors (Lipinski definition) is 1. The lowest BCUT2D eigenvalue weighted by Crippen LogP contribution is -2.11. The van der Waals surface area contributed by atoms with Crippen LogP contribution in [0.25, 0.3) is 0 Å². The van der Waals surface area contributed by atoms with E-state index in [0.29, 0.717) is 0 Å². The van der Waals surface area contributed by atoms with Crippen LogP contribution >= 0.6 is 0 Å². The fraction of sp³-hybridized carbons (Fsp3) is 0.333. The third kappa shape index (κ3) is 1.78. The second kappa shape index (κ2) is 4.04. The molecule has 15 heavy (non-hydrogen) atoms. The Morgan fingerprint density at radius 2 is 1.80 bits per heavy atom. The number of anilines is 1. The summed E-state index contributed by atoms with van der Waals surface area (Å²) in [6, 6.07) is 0.